The van der Waals surface area contributed by atoms with Gasteiger partial charge in [0, 0.05) is 6.07 Å². The predicted molar refractivity (Wildman–Crippen MR) is 74.3 cm³/mol. The molecular weight excluding hydrogens is 274 g/mol. The fraction of sp³-hybridized carbons (Fsp3) is 0.214. The van der Waals surface area contributed by atoms with Gasteiger partial charge >= 0.3 is 0 Å². The normalized spacial score (nSPS) is 11.7. The minimum Gasteiger partial charge on any atom is -0.394 e. The fourth-order valence-electron chi connectivity index (χ4n) is 1.71. The number of carbonyl (C=O) groups excluding carboxylic acids is 2. The van der Waals surface area contributed by atoms with Crippen LogP contribution in [0.4, 0.5) is 5.82 Å². The van der Waals surface area contributed by atoms with Gasteiger partial charge in [-0.3, -0.25) is 9.59 Å². The third kappa shape index (κ3) is 4.43. The van der Waals surface area contributed by atoms with Gasteiger partial charge in [0.15, 0.2) is 5.82 Å². The smallest absolute Gasteiger partial charge is 0.250 e. The number of rotatable bonds is 6. The molecule has 2 rings (SSSR count). The molecule has 0 saturated heterocycles. The van der Waals surface area contributed by atoms with Crippen molar-refractivity contribution in [2.45, 2.75) is 12.5 Å². The zero-order valence-corrected chi connectivity index (χ0v) is 11.2. The molecule has 110 valence electrons. The van der Waals surface area contributed by atoms with Crippen LogP contribution < -0.4 is 10.6 Å². The Morgan fingerprint density at radius 3 is 2.62 bits per heavy atom. The Balaban J connectivity index is 1.89. The topological polar surface area (TPSA) is 104 Å². The molecule has 1 unspecified atom stereocenters. The summed E-state index contributed by atoms with van der Waals surface area (Å²) in [6, 6.07) is 9.53. The van der Waals surface area contributed by atoms with Crippen molar-refractivity contribution in [1.82, 2.24) is 10.5 Å². The van der Waals surface area contributed by atoms with Gasteiger partial charge < -0.3 is 20.3 Å². The predicted octanol–water partition coefficient (Wildman–Crippen LogP) is 0.333. The number of hydrogen-bond donors (Lipinski definition) is 3. The van der Waals surface area contributed by atoms with Crippen molar-refractivity contribution in [1.29, 1.82) is 0 Å². The first kappa shape index (κ1) is 14.7. The standard InChI is InChI=1S/C14H15N3O4/c18-9-11(14(20)16-12-6-7-21-17-12)15-13(19)8-10-4-2-1-3-5-10/h1-7,11,18H,8-9H2,(H,15,19)(H,16,17,20). The number of nitrogens with one attached hydrogen (secondary N) is 2. The van der Waals surface area contributed by atoms with E-state index in [1.807, 2.05) is 30.3 Å². The Morgan fingerprint density at radius 2 is 2.00 bits per heavy atom. The van der Waals surface area contributed by atoms with Crippen LogP contribution >= 0.6 is 0 Å². The molecule has 2 aromatic rings. The summed E-state index contributed by atoms with van der Waals surface area (Å²) in [5.41, 5.74) is 0.823. The number of anilines is 1. The summed E-state index contributed by atoms with van der Waals surface area (Å²) in [4.78, 5) is 23.7. The number of benzene rings is 1. The van der Waals surface area contributed by atoms with E-state index < -0.39 is 18.6 Å². The molecule has 3 N–H and O–H groups in total. The van der Waals surface area contributed by atoms with Crippen molar-refractivity contribution in [2.75, 3.05) is 11.9 Å². The summed E-state index contributed by atoms with van der Waals surface area (Å²) < 4.78 is 4.57. The number of aliphatic hydroxyl groups is 1. The Labute approximate surface area is 120 Å². The lowest BCUT2D eigenvalue weighted by molar-refractivity contribution is -0.126. The highest BCUT2D eigenvalue weighted by Gasteiger charge is 2.20. The van der Waals surface area contributed by atoms with Crippen molar-refractivity contribution >= 4 is 17.6 Å². The molecule has 0 fully saturated rings. The van der Waals surface area contributed by atoms with Crippen molar-refractivity contribution < 1.29 is 19.2 Å². The number of hydrogen-bond acceptors (Lipinski definition) is 5. The maximum absolute atomic E-state index is 11.9. The molecule has 0 aliphatic rings. The van der Waals surface area contributed by atoms with Gasteiger partial charge in [-0.25, -0.2) is 0 Å². The van der Waals surface area contributed by atoms with Crippen LogP contribution in [0.5, 0.6) is 0 Å². The summed E-state index contributed by atoms with van der Waals surface area (Å²) in [5, 5.41) is 17.6. The Hall–Kier alpha value is -2.67. The highest BCUT2D eigenvalue weighted by molar-refractivity contribution is 5.96. The van der Waals surface area contributed by atoms with E-state index in [1.165, 1.54) is 12.3 Å². The van der Waals surface area contributed by atoms with Crippen LogP contribution in [0.15, 0.2) is 47.2 Å². The van der Waals surface area contributed by atoms with Gasteiger partial charge in [0.2, 0.25) is 5.91 Å². The molecular formula is C14H15N3O4. The molecule has 1 atom stereocenters. The van der Waals surface area contributed by atoms with Crippen LogP contribution in [-0.2, 0) is 16.0 Å². The summed E-state index contributed by atoms with van der Waals surface area (Å²) in [5.74, 6) is -0.695. The van der Waals surface area contributed by atoms with E-state index in [-0.39, 0.29) is 18.1 Å². The zero-order chi connectivity index (χ0) is 15.1. The highest BCUT2D eigenvalue weighted by atomic mass is 16.5. The average Bonchev–Trinajstić information content (AvgIpc) is 2.98. The van der Waals surface area contributed by atoms with Crippen LogP contribution in [0.25, 0.3) is 0 Å². The molecule has 21 heavy (non-hydrogen) atoms. The number of aromatic nitrogens is 1. The third-order valence-corrected chi connectivity index (χ3v) is 2.73. The van der Waals surface area contributed by atoms with Gasteiger partial charge in [0.05, 0.1) is 13.0 Å². The largest absolute Gasteiger partial charge is 0.394 e. The van der Waals surface area contributed by atoms with E-state index in [0.717, 1.165) is 5.56 Å². The number of amides is 2. The van der Waals surface area contributed by atoms with Crippen molar-refractivity contribution in [3.05, 3.63) is 48.2 Å². The lowest BCUT2D eigenvalue weighted by atomic mass is 10.1. The maximum atomic E-state index is 11.9. The average molecular weight is 289 g/mol. The van der Waals surface area contributed by atoms with E-state index in [9.17, 15) is 14.7 Å². The van der Waals surface area contributed by atoms with Crippen LogP contribution in [0.1, 0.15) is 5.56 Å². The molecule has 0 radical (unpaired) electrons. The SMILES string of the molecule is O=C(Cc1ccccc1)NC(CO)C(=O)Nc1ccon1. The minimum absolute atomic E-state index is 0.134. The third-order valence-electron chi connectivity index (χ3n) is 2.73. The molecule has 7 nitrogen and oxygen atoms in total. The van der Waals surface area contributed by atoms with Crippen molar-refractivity contribution in [2.24, 2.45) is 0 Å². The monoisotopic (exact) mass is 289 g/mol. The molecule has 0 saturated carbocycles. The molecule has 2 amide bonds. The summed E-state index contributed by atoms with van der Waals surface area (Å²) in [6.45, 7) is -0.510. The van der Waals surface area contributed by atoms with E-state index in [1.54, 1.807) is 0 Å². The van der Waals surface area contributed by atoms with E-state index >= 15 is 0 Å². The van der Waals surface area contributed by atoms with Gasteiger partial charge in [-0.05, 0) is 5.56 Å². The van der Waals surface area contributed by atoms with Gasteiger partial charge in [-0.15, -0.1) is 0 Å². The van der Waals surface area contributed by atoms with Gasteiger partial charge in [0.25, 0.3) is 5.91 Å². The second-order valence-corrected chi connectivity index (χ2v) is 4.34. The Morgan fingerprint density at radius 1 is 1.24 bits per heavy atom. The zero-order valence-electron chi connectivity index (χ0n) is 11.2. The minimum atomic E-state index is -1.04. The molecule has 0 aliphatic carbocycles. The first-order chi connectivity index (χ1) is 10.2. The highest BCUT2D eigenvalue weighted by Crippen LogP contribution is 2.03. The first-order valence-electron chi connectivity index (χ1n) is 6.34. The summed E-state index contributed by atoms with van der Waals surface area (Å²) in [7, 11) is 0. The van der Waals surface area contributed by atoms with Gasteiger partial charge in [-0.2, -0.15) is 0 Å². The summed E-state index contributed by atoms with van der Waals surface area (Å²) in [6.07, 6.45) is 1.44. The molecule has 1 aromatic carbocycles. The Bertz CT molecular complexity index is 584. The Kier molecular flexibility index (Phi) is 5.05. The van der Waals surface area contributed by atoms with Crippen molar-refractivity contribution in [3.63, 3.8) is 0 Å². The first-order valence-corrected chi connectivity index (χ1v) is 6.34. The molecule has 0 bridgehead atoms. The molecule has 1 aromatic heterocycles. The summed E-state index contributed by atoms with van der Waals surface area (Å²) >= 11 is 0. The van der Waals surface area contributed by atoms with Gasteiger partial charge in [-0.1, -0.05) is 35.5 Å². The number of aliphatic hydroxyl groups excluding tert-OH is 1. The van der Waals surface area contributed by atoms with Crippen LogP contribution in [0.3, 0.4) is 0 Å². The lowest BCUT2D eigenvalue weighted by Crippen LogP contribution is -2.46. The molecule has 0 aliphatic heterocycles. The van der Waals surface area contributed by atoms with Gasteiger partial charge in [0.1, 0.15) is 12.3 Å². The lowest BCUT2D eigenvalue weighted by Gasteiger charge is -2.15. The number of carbonyl (C=O) groups is 2. The molecule has 7 heteroatoms. The molecule has 0 spiro atoms. The maximum Gasteiger partial charge on any atom is 0.250 e. The van der Waals surface area contributed by atoms with Crippen molar-refractivity contribution in [3.8, 4) is 0 Å². The quantitative estimate of drug-likeness (QED) is 0.711. The van der Waals surface area contributed by atoms with E-state index in [0.29, 0.717) is 0 Å². The second kappa shape index (κ2) is 7.20. The van der Waals surface area contributed by atoms with E-state index in [4.69, 9.17) is 0 Å². The molecule has 1 heterocycles. The van der Waals surface area contributed by atoms with Crippen LogP contribution in [0.2, 0.25) is 0 Å². The van der Waals surface area contributed by atoms with E-state index in [2.05, 4.69) is 20.3 Å². The van der Waals surface area contributed by atoms with Crippen LogP contribution in [0, 0.1) is 0 Å². The van der Waals surface area contributed by atoms with Crippen LogP contribution in [-0.4, -0.2) is 34.7 Å². The fourth-order valence-corrected chi connectivity index (χ4v) is 1.71. The number of nitrogens with zero attached hydrogens (tertiary/aromatic N) is 1. The second-order valence-electron chi connectivity index (χ2n) is 4.34.